The molecule has 0 amide bonds. The number of carboxylic acid groups (broad SMARTS) is 1. The summed E-state index contributed by atoms with van der Waals surface area (Å²) in [5.74, 6) is -2.19. The van der Waals surface area contributed by atoms with E-state index >= 15 is 0 Å². The molecule has 1 aromatic rings. The van der Waals surface area contributed by atoms with Crippen LogP contribution in [0.15, 0.2) is 29.3 Å². The average Bonchev–Trinajstić information content (AvgIpc) is 2.63. The van der Waals surface area contributed by atoms with Crippen molar-refractivity contribution in [3.63, 3.8) is 0 Å². The van der Waals surface area contributed by atoms with Crippen LogP contribution in [0, 0.1) is 5.92 Å². The molecule has 0 aromatic heterocycles. The minimum atomic E-state index is -0.879. The third-order valence-electron chi connectivity index (χ3n) is 2.96. The highest BCUT2D eigenvalue weighted by Crippen LogP contribution is 2.25. The normalized spacial score (nSPS) is 15.2. The van der Waals surface area contributed by atoms with Crippen LogP contribution in [0.3, 0.4) is 0 Å². The zero-order valence-electron chi connectivity index (χ0n) is 10.2. The van der Waals surface area contributed by atoms with Crippen LogP contribution >= 0.6 is 0 Å². The number of benzene rings is 1. The van der Waals surface area contributed by atoms with Gasteiger partial charge in [-0.1, -0.05) is 24.3 Å². The lowest BCUT2D eigenvalue weighted by atomic mass is 10.1. The molecule has 0 saturated heterocycles. The lowest BCUT2D eigenvalue weighted by molar-refractivity contribution is -0.137. The number of hydrogen-bond acceptors (Lipinski definition) is 4. The average molecular weight is 259 g/mol. The van der Waals surface area contributed by atoms with Crippen molar-refractivity contribution in [2.75, 3.05) is 6.54 Å². The first-order valence-electron chi connectivity index (χ1n) is 6.00. The SMILES string of the molecule is O=C(O)CCCN=CC1C(=O)c2ccccc2C1=O. The molecule has 2 rings (SSSR count). The molecule has 0 unspecified atom stereocenters. The van der Waals surface area contributed by atoms with E-state index in [1.165, 1.54) is 6.21 Å². The number of fused-ring (bicyclic) bond motifs is 1. The van der Waals surface area contributed by atoms with Gasteiger partial charge in [-0.2, -0.15) is 0 Å². The Bertz CT molecular complexity index is 527. The van der Waals surface area contributed by atoms with Gasteiger partial charge in [0.2, 0.25) is 0 Å². The van der Waals surface area contributed by atoms with Crippen molar-refractivity contribution in [2.45, 2.75) is 12.8 Å². The maximum absolute atomic E-state index is 12.0. The summed E-state index contributed by atoms with van der Waals surface area (Å²) >= 11 is 0. The highest BCUT2D eigenvalue weighted by atomic mass is 16.4. The molecule has 0 spiro atoms. The van der Waals surface area contributed by atoms with Crippen molar-refractivity contribution in [3.8, 4) is 0 Å². The van der Waals surface area contributed by atoms with Gasteiger partial charge in [-0.25, -0.2) is 0 Å². The quantitative estimate of drug-likeness (QED) is 0.494. The monoisotopic (exact) mass is 259 g/mol. The Labute approximate surface area is 110 Å². The van der Waals surface area contributed by atoms with Crippen LogP contribution in [0.1, 0.15) is 33.6 Å². The smallest absolute Gasteiger partial charge is 0.303 e. The van der Waals surface area contributed by atoms with Gasteiger partial charge in [-0.15, -0.1) is 0 Å². The number of carbonyl (C=O) groups is 3. The Morgan fingerprint density at radius 2 is 1.79 bits per heavy atom. The van der Waals surface area contributed by atoms with Crippen LogP contribution in [-0.4, -0.2) is 35.4 Å². The zero-order valence-corrected chi connectivity index (χ0v) is 10.2. The Morgan fingerprint density at radius 1 is 1.21 bits per heavy atom. The van der Waals surface area contributed by atoms with Crippen molar-refractivity contribution in [3.05, 3.63) is 35.4 Å². The van der Waals surface area contributed by atoms with E-state index in [4.69, 9.17) is 5.11 Å². The molecule has 1 aromatic carbocycles. The lowest BCUT2D eigenvalue weighted by Gasteiger charge is -1.98. The molecule has 19 heavy (non-hydrogen) atoms. The molecular formula is C14H13NO4. The van der Waals surface area contributed by atoms with E-state index in [1.807, 2.05) is 0 Å². The number of carboxylic acids is 1. The topological polar surface area (TPSA) is 83.8 Å². The van der Waals surface area contributed by atoms with E-state index in [-0.39, 0.29) is 18.0 Å². The van der Waals surface area contributed by atoms with E-state index in [2.05, 4.69) is 4.99 Å². The van der Waals surface area contributed by atoms with E-state index in [0.29, 0.717) is 24.1 Å². The molecule has 0 fully saturated rings. The van der Waals surface area contributed by atoms with Crippen molar-refractivity contribution in [1.82, 2.24) is 0 Å². The minimum absolute atomic E-state index is 0.0319. The number of rotatable bonds is 5. The molecule has 1 aliphatic carbocycles. The van der Waals surface area contributed by atoms with E-state index in [0.717, 1.165) is 0 Å². The van der Waals surface area contributed by atoms with Crippen molar-refractivity contribution in [2.24, 2.45) is 10.9 Å². The summed E-state index contributed by atoms with van der Waals surface area (Å²) in [6.45, 7) is 0.305. The maximum Gasteiger partial charge on any atom is 0.303 e. The first-order chi connectivity index (χ1) is 9.11. The number of aliphatic carboxylic acids is 1. The van der Waals surface area contributed by atoms with Crippen LogP contribution in [-0.2, 0) is 4.79 Å². The maximum atomic E-state index is 12.0. The molecule has 0 atom stereocenters. The highest BCUT2D eigenvalue weighted by Gasteiger charge is 2.36. The molecule has 1 aliphatic rings. The zero-order chi connectivity index (χ0) is 13.8. The highest BCUT2D eigenvalue weighted by molar-refractivity contribution is 6.33. The van der Waals surface area contributed by atoms with Gasteiger partial charge in [0.25, 0.3) is 0 Å². The summed E-state index contributed by atoms with van der Waals surface area (Å²) in [5, 5.41) is 8.47. The minimum Gasteiger partial charge on any atom is -0.481 e. The number of nitrogens with zero attached hydrogens (tertiary/aromatic N) is 1. The first kappa shape index (κ1) is 13.1. The molecule has 1 N–H and O–H groups in total. The van der Waals surface area contributed by atoms with Crippen LogP contribution in [0.4, 0.5) is 0 Å². The summed E-state index contributed by atoms with van der Waals surface area (Å²) in [4.78, 5) is 38.2. The molecule has 98 valence electrons. The lowest BCUT2D eigenvalue weighted by Crippen LogP contribution is -2.16. The summed E-state index contributed by atoms with van der Waals surface area (Å²) in [6.07, 6.45) is 1.77. The Morgan fingerprint density at radius 3 is 2.32 bits per heavy atom. The fourth-order valence-corrected chi connectivity index (χ4v) is 2.00. The number of aliphatic imine (C=N–C) groups is 1. The van der Waals surface area contributed by atoms with Crippen LogP contribution in [0.5, 0.6) is 0 Å². The predicted octanol–water partition coefficient (Wildman–Crippen LogP) is 1.62. The number of Topliss-reactive ketones (excluding diaryl/α,β-unsaturated/α-hetero) is 2. The first-order valence-corrected chi connectivity index (χ1v) is 6.00. The van der Waals surface area contributed by atoms with E-state index < -0.39 is 11.9 Å². The fourth-order valence-electron chi connectivity index (χ4n) is 2.00. The standard InChI is InChI=1S/C14H13NO4/c16-12(17)6-3-7-15-8-11-13(18)9-4-1-2-5-10(9)14(11)19/h1-2,4-5,8,11H,3,6-7H2,(H,16,17). The van der Waals surface area contributed by atoms with Crippen LogP contribution in [0.25, 0.3) is 0 Å². The Kier molecular flexibility index (Phi) is 3.85. The van der Waals surface area contributed by atoms with Crippen molar-refractivity contribution >= 4 is 23.8 Å². The molecule has 0 aliphatic heterocycles. The molecule has 5 heteroatoms. The van der Waals surface area contributed by atoms with Crippen molar-refractivity contribution < 1.29 is 19.5 Å². The summed E-state index contributed by atoms with van der Waals surface area (Å²) in [5.41, 5.74) is 0.879. The summed E-state index contributed by atoms with van der Waals surface area (Å²) < 4.78 is 0. The fraction of sp³-hybridized carbons (Fsp3) is 0.286. The van der Waals surface area contributed by atoms with Gasteiger partial charge in [0, 0.05) is 30.3 Å². The number of hydrogen-bond donors (Lipinski definition) is 1. The summed E-state index contributed by atoms with van der Waals surface area (Å²) in [7, 11) is 0. The van der Waals surface area contributed by atoms with Gasteiger partial charge in [0.15, 0.2) is 11.6 Å². The third kappa shape index (κ3) is 2.76. The summed E-state index contributed by atoms with van der Waals surface area (Å²) in [6, 6.07) is 6.70. The largest absolute Gasteiger partial charge is 0.481 e. The van der Waals surface area contributed by atoms with Gasteiger partial charge in [-0.05, 0) is 6.42 Å². The van der Waals surface area contributed by atoms with Gasteiger partial charge < -0.3 is 5.11 Å². The van der Waals surface area contributed by atoms with Gasteiger partial charge in [0.1, 0.15) is 5.92 Å². The molecule has 0 radical (unpaired) electrons. The molecular weight excluding hydrogens is 246 g/mol. The van der Waals surface area contributed by atoms with Gasteiger partial charge >= 0.3 is 5.97 Å². The molecule has 0 saturated carbocycles. The van der Waals surface area contributed by atoms with Crippen LogP contribution in [0.2, 0.25) is 0 Å². The van der Waals surface area contributed by atoms with Crippen LogP contribution < -0.4 is 0 Å². The molecule has 5 nitrogen and oxygen atoms in total. The van der Waals surface area contributed by atoms with E-state index in [1.54, 1.807) is 24.3 Å². The van der Waals surface area contributed by atoms with E-state index in [9.17, 15) is 14.4 Å². The third-order valence-corrected chi connectivity index (χ3v) is 2.96. The van der Waals surface area contributed by atoms with Crippen molar-refractivity contribution in [1.29, 1.82) is 0 Å². The second kappa shape index (κ2) is 5.56. The Hall–Kier alpha value is -2.30. The number of carbonyl (C=O) groups excluding carboxylic acids is 2. The van der Waals surface area contributed by atoms with Gasteiger partial charge in [0.05, 0.1) is 0 Å². The number of ketones is 2. The molecule has 0 heterocycles. The predicted molar refractivity (Wildman–Crippen MR) is 68.8 cm³/mol. The second-order valence-corrected chi connectivity index (χ2v) is 4.30. The molecule has 0 bridgehead atoms. The second-order valence-electron chi connectivity index (χ2n) is 4.30. The van der Waals surface area contributed by atoms with Gasteiger partial charge in [-0.3, -0.25) is 19.4 Å². The Balaban J connectivity index is 2.00.